The summed E-state index contributed by atoms with van der Waals surface area (Å²) in [6.07, 6.45) is 20.6. The summed E-state index contributed by atoms with van der Waals surface area (Å²) in [7, 11) is 0. The van der Waals surface area contributed by atoms with Crippen LogP contribution in [0.1, 0.15) is 161 Å². The van der Waals surface area contributed by atoms with Gasteiger partial charge >= 0.3 is 11.9 Å². The van der Waals surface area contributed by atoms with Crippen molar-refractivity contribution in [3.8, 4) is 0 Å². The third kappa shape index (κ3) is 18.6. The molecule has 1 amide bonds. The summed E-state index contributed by atoms with van der Waals surface area (Å²) in [5.41, 5.74) is 0.661. The molecule has 41 heavy (non-hydrogen) atoms. The Hall–Kier alpha value is -2.37. The monoisotopic (exact) mass is 573 g/mol. The van der Waals surface area contributed by atoms with E-state index in [9.17, 15) is 14.4 Å². The molecule has 1 aromatic carbocycles. The van der Waals surface area contributed by atoms with E-state index in [0.717, 1.165) is 38.5 Å². The Morgan fingerprint density at radius 2 is 1.10 bits per heavy atom. The van der Waals surface area contributed by atoms with Gasteiger partial charge in [0.05, 0.1) is 6.61 Å². The lowest BCUT2D eigenvalue weighted by Gasteiger charge is -2.27. The summed E-state index contributed by atoms with van der Waals surface area (Å²) >= 11 is 0. The zero-order chi connectivity index (χ0) is 30.0. The molecule has 2 atom stereocenters. The van der Waals surface area contributed by atoms with E-state index in [2.05, 4.69) is 19.2 Å². The molecule has 1 aromatic rings. The first-order valence-corrected chi connectivity index (χ1v) is 16.7. The van der Waals surface area contributed by atoms with Crippen molar-refractivity contribution in [2.75, 3.05) is 6.61 Å². The largest absolute Gasteiger partial charge is 0.464 e. The van der Waals surface area contributed by atoms with Crippen molar-refractivity contribution in [1.29, 1.82) is 0 Å². The van der Waals surface area contributed by atoms with Gasteiger partial charge in [-0.3, -0.25) is 9.59 Å². The Balaban J connectivity index is 2.63. The van der Waals surface area contributed by atoms with E-state index in [1.54, 1.807) is 6.92 Å². The number of benzene rings is 1. The maximum absolute atomic E-state index is 13.0. The van der Waals surface area contributed by atoms with Gasteiger partial charge in [0, 0.05) is 12.8 Å². The van der Waals surface area contributed by atoms with Gasteiger partial charge in [-0.25, -0.2) is 4.79 Å². The van der Waals surface area contributed by atoms with Gasteiger partial charge in [-0.15, -0.1) is 0 Å². The molecule has 0 saturated heterocycles. The number of rotatable bonds is 26. The van der Waals surface area contributed by atoms with Gasteiger partial charge in [-0.2, -0.15) is 0 Å². The van der Waals surface area contributed by atoms with E-state index in [1.807, 2.05) is 30.3 Å². The van der Waals surface area contributed by atoms with Gasteiger partial charge in [-0.05, 0) is 25.3 Å². The van der Waals surface area contributed by atoms with Crippen molar-refractivity contribution in [2.45, 2.75) is 161 Å². The third-order valence-electron chi connectivity index (χ3n) is 7.54. The number of carbonyl (C=O) groups is 3. The second-order valence-electron chi connectivity index (χ2n) is 11.3. The van der Waals surface area contributed by atoms with Crippen molar-refractivity contribution in [1.82, 2.24) is 5.32 Å². The predicted octanol–water partition coefficient (Wildman–Crippen LogP) is 9.16. The standard InChI is InChI=1S/C35H59NO5/c1-4-7-9-11-13-15-17-19-24-28-31(37)36-33(35(39)40-6-3)34(30-26-22-21-23-27-30)41-32(38)29-25-20-18-16-14-12-10-8-5-2/h21-23,26-27,33-34H,4-20,24-25,28-29H2,1-3H3,(H,36,37)/t33-,34-/m0/s1. The van der Waals surface area contributed by atoms with Gasteiger partial charge in [0.25, 0.3) is 0 Å². The average molecular weight is 574 g/mol. The molecule has 6 heteroatoms. The number of nitrogens with one attached hydrogen (secondary N) is 1. The molecule has 0 spiro atoms. The fourth-order valence-electron chi connectivity index (χ4n) is 5.08. The highest BCUT2D eigenvalue weighted by molar-refractivity contribution is 5.85. The molecule has 234 valence electrons. The van der Waals surface area contributed by atoms with Crippen LogP contribution < -0.4 is 5.32 Å². The molecule has 0 saturated carbocycles. The Morgan fingerprint density at radius 1 is 0.634 bits per heavy atom. The van der Waals surface area contributed by atoms with Gasteiger partial charge < -0.3 is 14.8 Å². The van der Waals surface area contributed by atoms with Crippen LogP contribution in [0.5, 0.6) is 0 Å². The van der Waals surface area contributed by atoms with E-state index < -0.39 is 18.1 Å². The molecule has 1 N–H and O–H groups in total. The number of carbonyl (C=O) groups excluding carboxylic acids is 3. The SMILES string of the molecule is CCCCCCCCCCCC(=O)N[C@H](C(=O)OCC)[C@@H](OC(=O)CCCCCCCCCCC)c1ccccc1. The minimum Gasteiger partial charge on any atom is -0.464 e. The molecule has 0 radical (unpaired) electrons. The highest BCUT2D eigenvalue weighted by atomic mass is 16.6. The van der Waals surface area contributed by atoms with Gasteiger partial charge in [-0.1, -0.05) is 147 Å². The van der Waals surface area contributed by atoms with Crippen LogP contribution in [0.15, 0.2) is 30.3 Å². The Bertz CT molecular complexity index is 797. The van der Waals surface area contributed by atoms with Crippen LogP contribution in [-0.2, 0) is 23.9 Å². The summed E-state index contributed by atoms with van der Waals surface area (Å²) in [6, 6.07) is 8.08. The fourth-order valence-corrected chi connectivity index (χ4v) is 5.08. The van der Waals surface area contributed by atoms with E-state index in [-0.39, 0.29) is 18.5 Å². The third-order valence-corrected chi connectivity index (χ3v) is 7.54. The second-order valence-corrected chi connectivity index (χ2v) is 11.3. The van der Waals surface area contributed by atoms with E-state index in [0.29, 0.717) is 18.4 Å². The van der Waals surface area contributed by atoms with E-state index >= 15 is 0 Å². The lowest BCUT2D eigenvalue weighted by atomic mass is 10.0. The maximum Gasteiger partial charge on any atom is 0.332 e. The fraction of sp³-hybridized carbons (Fsp3) is 0.743. The Labute approximate surface area is 250 Å². The second kappa shape index (κ2) is 25.3. The van der Waals surface area contributed by atoms with Crippen LogP contribution in [0.3, 0.4) is 0 Å². The number of hydrogen-bond acceptors (Lipinski definition) is 5. The molecule has 0 aliphatic rings. The van der Waals surface area contributed by atoms with Gasteiger partial charge in [0.1, 0.15) is 0 Å². The Morgan fingerprint density at radius 3 is 1.59 bits per heavy atom. The van der Waals surface area contributed by atoms with Crippen LogP contribution in [-0.4, -0.2) is 30.5 Å². The molecule has 0 aliphatic carbocycles. The molecule has 0 fully saturated rings. The molecule has 6 nitrogen and oxygen atoms in total. The Kier molecular flexibility index (Phi) is 22.7. The molecule has 0 heterocycles. The lowest BCUT2D eigenvalue weighted by molar-refractivity contribution is -0.160. The summed E-state index contributed by atoms with van der Waals surface area (Å²) in [4.78, 5) is 38.8. The van der Waals surface area contributed by atoms with Crippen LogP contribution in [0.4, 0.5) is 0 Å². The van der Waals surface area contributed by atoms with Gasteiger partial charge in [0.15, 0.2) is 12.1 Å². The zero-order valence-electron chi connectivity index (χ0n) is 26.4. The predicted molar refractivity (Wildman–Crippen MR) is 168 cm³/mol. The normalized spacial score (nSPS) is 12.5. The number of unbranched alkanes of at least 4 members (excludes halogenated alkanes) is 16. The van der Waals surface area contributed by atoms with Crippen LogP contribution in [0.25, 0.3) is 0 Å². The van der Waals surface area contributed by atoms with Crippen LogP contribution >= 0.6 is 0 Å². The smallest absolute Gasteiger partial charge is 0.332 e. The first-order chi connectivity index (χ1) is 20.0. The molecular weight excluding hydrogens is 514 g/mol. The maximum atomic E-state index is 13.0. The summed E-state index contributed by atoms with van der Waals surface area (Å²) < 4.78 is 11.2. The molecular formula is C35H59NO5. The highest BCUT2D eigenvalue weighted by Crippen LogP contribution is 2.24. The van der Waals surface area contributed by atoms with E-state index in [1.165, 1.54) is 77.0 Å². The molecule has 0 aliphatic heterocycles. The highest BCUT2D eigenvalue weighted by Gasteiger charge is 2.35. The van der Waals surface area contributed by atoms with Crippen LogP contribution in [0.2, 0.25) is 0 Å². The number of amides is 1. The molecule has 0 aromatic heterocycles. The minimum atomic E-state index is -1.09. The average Bonchev–Trinajstić information content (AvgIpc) is 2.97. The first kappa shape index (κ1) is 36.7. The quantitative estimate of drug-likeness (QED) is 0.0882. The van der Waals surface area contributed by atoms with Crippen molar-refractivity contribution in [2.24, 2.45) is 0 Å². The summed E-state index contributed by atoms with van der Waals surface area (Å²) in [6.45, 7) is 6.36. The molecule has 1 rings (SSSR count). The molecule has 0 unspecified atom stereocenters. The van der Waals surface area contributed by atoms with Crippen molar-refractivity contribution < 1.29 is 23.9 Å². The van der Waals surface area contributed by atoms with Gasteiger partial charge in [0.2, 0.25) is 5.91 Å². The van der Waals surface area contributed by atoms with Crippen molar-refractivity contribution in [3.05, 3.63) is 35.9 Å². The topological polar surface area (TPSA) is 81.7 Å². The van der Waals surface area contributed by atoms with Crippen molar-refractivity contribution in [3.63, 3.8) is 0 Å². The summed E-state index contributed by atoms with van der Waals surface area (Å²) in [5, 5.41) is 2.84. The minimum absolute atomic E-state index is 0.178. The first-order valence-electron chi connectivity index (χ1n) is 16.7. The number of hydrogen-bond donors (Lipinski definition) is 1. The lowest BCUT2D eigenvalue weighted by Crippen LogP contribution is -2.47. The van der Waals surface area contributed by atoms with Crippen LogP contribution in [0, 0.1) is 0 Å². The van der Waals surface area contributed by atoms with Crippen molar-refractivity contribution >= 4 is 17.8 Å². The van der Waals surface area contributed by atoms with E-state index in [4.69, 9.17) is 9.47 Å². The number of esters is 2. The number of ether oxygens (including phenoxy) is 2. The zero-order valence-corrected chi connectivity index (χ0v) is 26.4. The summed E-state index contributed by atoms with van der Waals surface area (Å²) in [5.74, 6) is -1.16. The molecule has 0 bridgehead atoms.